The molecule has 0 heterocycles. The largest absolute Gasteiger partial charge is 0.388 e. The second kappa shape index (κ2) is 8.41. The van der Waals surface area contributed by atoms with Crippen molar-refractivity contribution in [3.8, 4) is 0 Å². The Bertz CT molecular complexity index is 564. The average Bonchev–Trinajstić information content (AvgIpc) is 2.51. The van der Waals surface area contributed by atoms with E-state index in [1.54, 1.807) is 0 Å². The molecule has 0 saturated heterocycles. The molecule has 1 N–H and O–H groups in total. The van der Waals surface area contributed by atoms with Crippen LogP contribution in [0.1, 0.15) is 63.5 Å². The number of rotatable bonds is 8. The summed E-state index contributed by atoms with van der Waals surface area (Å²) in [5.74, 6) is 0. The SMILES string of the molecule is CCCCCCCCC(O)c1ccc(Cl)c2ccccc12. The quantitative estimate of drug-likeness (QED) is 0.569. The molecule has 1 unspecified atom stereocenters. The van der Waals surface area contributed by atoms with Gasteiger partial charge in [0, 0.05) is 10.4 Å². The zero-order chi connectivity index (χ0) is 15.1. The maximum absolute atomic E-state index is 10.5. The molecule has 1 atom stereocenters. The van der Waals surface area contributed by atoms with Gasteiger partial charge < -0.3 is 5.11 Å². The van der Waals surface area contributed by atoms with Crippen molar-refractivity contribution in [1.82, 2.24) is 0 Å². The summed E-state index contributed by atoms with van der Waals surface area (Å²) >= 11 is 6.23. The second-order valence-corrected chi connectivity index (χ2v) is 6.16. The van der Waals surface area contributed by atoms with Crippen LogP contribution in [0.15, 0.2) is 36.4 Å². The topological polar surface area (TPSA) is 20.2 Å². The van der Waals surface area contributed by atoms with E-state index in [1.165, 1.54) is 32.1 Å². The normalized spacial score (nSPS) is 12.7. The number of benzene rings is 2. The van der Waals surface area contributed by atoms with Gasteiger partial charge in [0.05, 0.1) is 6.10 Å². The van der Waals surface area contributed by atoms with Gasteiger partial charge in [-0.3, -0.25) is 0 Å². The van der Waals surface area contributed by atoms with Gasteiger partial charge >= 0.3 is 0 Å². The monoisotopic (exact) mass is 304 g/mol. The Kier molecular flexibility index (Phi) is 6.53. The van der Waals surface area contributed by atoms with Gasteiger partial charge in [0.1, 0.15) is 0 Å². The van der Waals surface area contributed by atoms with Crippen molar-refractivity contribution in [2.24, 2.45) is 0 Å². The van der Waals surface area contributed by atoms with Crippen LogP contribution in [0.2, 0.25) is 5.02 Å². The molecule has 1 nitrogen and oxygen atoms in total. The zero-order valence-corrected chi connectivity index (χ0v) is 13.6. The molecule has 0 spiro atoms. The molecule has 0 saturated carbocycles. The van der Waals surface area contributed by atoms with Crippen molar-refractivity contribution >= 4 is 22.4 Å². The molecule has 0 amide bonds. The van der Waals surface area contributed by atoms with Crippen LogP contribution in [0.5, 0.6) is 0 Å². The molecule has 114 valence electrons. The van der Waals surface area contributed by atoms with Gasteiger partial charge in [-0.05, 0) is 23.4 Å². The third-order valence-corrected chi connectivity index (χ3v) is 4.42. The average molecular weight is 305 g/mol. The first-order chi connectivity index (χ1) is 10.2. The molecule has 2 aromatic carbocycles. The molecule has 0 radical (unpaired) electrons. The highest BCUT2D eigenvalue weighted by molar-refractivity contribution is 6.35. The summed E-state index contributed by atoms with van der Waals surface area (Å²) < 4.78 is 0. The molecule has 0 bridgehead atoms. The van der Waals surface area contributed by atoms with Gasteiger partial charge in [-0.2, -0.15) is 0 Å². The van der Waals surface area contributed by atoms with Gasteiger partial charge in [0.2, 0.25) is 0 Å². The molecule has 2 heteroatoms. The minimum Gasteiger partial charge on any atom is -0.388 e. The first-order valence-electron chi connectivity index (χ1n) is 8.09. The molecule has 0 fully saturated rings. The van der Waals surface area contributed by atoms with Gasteiger partial charge in [-0.15, -0.1) is 0 Å². The van der Waals surface area contributed by atoms with Crippen molar-refractivity contribution in [2.45, 2.75) is 58.0 Å². The lowest BCUT2D eigenvalue weighted by atomic mass is 9.96. The predicted molar refractivity (Wildman–Crippen MR) is 91.9 cm³/mol. The number of aliphatic hydroxyl groups excluding tert-OH is 1. The molecule has 0 aromatic heterocycles. The maximum atomic E-state index is 10.5. The Morgan fingerprint density at radius 2 is 1.57 bits per heavy atom. The fraction of sp³-hybridized carbons (Fsp3) is 0.474. The lowest BCUT2D eigenvalue weighted by Gasteiger charge is -2.14. The van der Waals surface area contributed by atoms with Crippen molar-refractivity contribution < 1.29 is 5.11 Å². The molecule has 0 aliphatic heterocycles. The summed E-state index contributed by atoms with van der Waals surface area (Å²) in [6.45, 7) is 2.23. The fourth-order valence-electron chi connectivity index (χ4n) is 2.85. The molecule has 2 aromatic rings. The number of unbranched alkanes of at least 4 members (excludes halogenated alkanes) is 5. The smallest absolute Gasteiger partial charge is 0.0796 e. The minimum absolute atomic E-state index is 0.390. The Balaban J connectivity index is 1.97. The summed E-state index contributed by atoms with van der Waals surface area (Å²) in [7, 11) is 0. The number of fused-ring (bicyclic) bond motifs is 1. The zero-order valence-electron chi connectivity index (χ0n) is 12.8. The van der Waals surface area contributed by atoms with E-state index in [-0.39, 0.29) is 0 Å². The number of hydrogen-bond donors (Lipinski definition) is 1. The third-order valence-electron chi connectivity index (χ3n) is 4.09. The van der Waals surface area contributed by atoms with E-state index < -0.39 is 6.10 Å². The molecular formula is C19H25ClO. The van der Waals surface area contributed by atoms with Gasteiger partial charge in [-0.1, -0.05) is 87.4 Å². The van der Waals surface area contributed by atoms with Crippen LogP contribution in [0.25, 0.3) is 10.8 Å². The van der Waals surface area contributed by atoms with E-state index in [0.717, 1.165) is 34.2 Å². The standard InChI is InChI=1S/C19H25ClO/c1-2-3-4-5-6-7-12-19(21)17-13-14-18(20)16-11-9-8-10-15(16)17/h8-11,13-14,19,21H,2-7,12H2,1H3. The number of hydrogen-bond acceptors (Lipinski definition) is 1. The van der Waals surface area contributed by atoms with Crippen LogP contribution in [-0.2, 0) is 0 Å². The first-order valence-corrected chi connectivity index (χ1v) is 8.47. The summed E-state index contributed by atoms with van der Waals surface area (Å²) in [6, 6.07) is 11.9. The van der Waals surface area contributed by atoms with Crippen LogP contribution in [0.3, 0.4) is 0 Å². The molecular weight excluding hydrogens is 280 g/mol. The van der Waals surface area contributed by atoms with Crippen molar-refractivity contribution in [1.29, 1.82) is 0 Å². The van der Waals surface area contributed by atoms with E-state index in [1.807, 2.05) is 36.4 Å². The van der Waals surface area contributed by atoms with E-state index >= 15 is 0 Å². The van der Waals surface area contributed by atoms with E-state index in [2.05, 4.69) is 6.92 Å². The lowest BCUT2D eigenvalue weighted by Crippen LogP contribution is -1.99. The highest BCUT2D eigenvalue weighted by Gasteiger charge is 2.12. The van der Waals surface area contributed by atoms with Gasteiger partial charge in [0.25, 0.3) is 0 Å². The first kappa shape index (κ1) is 16.3. The summed E-state index contributed by atoms with van der Waals surface area (Å²) in [5.41, 5.74) is 1.00. The van der Waals surface area contributed by atoms with Crippen LogP contribution < -0.4 is 0 Å². The van der Waals surface area contributed by atoms with Crippen LogP contribution in [-0.4, -0.2) is 5.11 Å². The fourth-order valence-corrected chi connectivity index (χ4v) is 3.08. The highest BCUT2D eigenvalue weighted by Crippen LogP contribution is 2.31. The summed E-state index contributed by atoms with van der Waals surface area (Å²) in [6.07, 6.45) is 7.93. The van der Waals surface area contributed by atoms with Crippen molar-refractivity contribution in [3.05, 3.63) is 47.0 Å². The number of halogens is 1. The van der Waals surface area contributed by atoms with Crippen molar-refractivity contribution in [3.63, 3.8) is 0 Å². The van der Waals surface area contributed by atoms with E-state index in [4.69, 9.17) is 11.6 Å². The predicted octanol–water partition coefficient (Wildman–Crippen LogP) is 6.28. The summed E-state index contributed by atoms with van der Waals surface area (Å²) in [5, 5.41) is 13.3. The van der Waals surface area contributed by atoms with Crippen LogP contribution in [0.4, 0.5) is 0 Å². The van der Waals surface area contributed by atoms with Crippen LogP contribution in [0, 0.1) is 0 Å². The maximum Gasteiger partial charge on any atom is 0.0796 e. The second-order valence-electron chi connectivity index (χ2n) is 5.75. The van der Waals surface area contributed by atoms with Crippen LogP contribution >= 0.6 is 11.6 Å². The van der Waals surface area contributed by atoms with E-state index in [0.29, 0.717) is 0 Å². The molecule has 2 rings (SSSR count). The Morgan fingerprint density at radius 1 is 0.905 bits per heavy atom. The molecule has 0 aliphatic carbocycles. The molecule has 0 aliphatic rings. The Labute approximate surface area is 132 Å². The Morgan fingerprint density at radius 3 is 2.33 bits per heavy atom. The Hall–Kier alpha value is -1.05. The lowest BCUT2D eigenvalue weighted by molar-refractivity contribution is 0.165. The van der Waals surface area contributed by atoms with E-state index in [9.17, 15) is 5.11 Å². The van der Waals surface area contributed by atoms with Gasteiger partial charge in [0.15, 0.2) is 0 Å². The number of aliphatic hydroxyl groups is 1. The van der Waals surface area contributed by atoms with Crippen molar-refractivity contribution in [2.75, 3.05) is 0 Å². The minimum atomic E-state index is -0.390. The summed E-state index contributed by atoms with van der Waals surface area (Å²) in [4.78, 5) is 0. The molecule has 21 heavy (non-hydrogen) atoms. The van der Waals surface area contributed by atoms with Gasteiger partial charge in [-0.25, -0.2) is 0 Å². The third kappa shape index (κ3) is 4.46. The highest BCUT2D eigenvalue weighted by atomic mass is 35.5.